The van der Waals surface area contributed by atoms with Gasteiger partial charge in [0.15, 0.2) is 6.26 Å². The van der Waals surface area contributed by atoms with Crippen LogP contribution in [0.25, 0.3) is 10.8 Å². The number of esters is 1. The lowest BCUT2D eigenvalue weighted by atomic mass is 10.1. The third-order valence-electron chi connectivity index (χ3n) is 2.55. The molecule has 0 saturated heterocycles. The Labute approximate surface area is 108 Å². The van der Waals surface area contributed by atoms with Crippen molar-refractivity contribution >= 4 is 16.7 Å². The minimum Gasteiger partial charge on any atom is -0.462 e. The van der Waals surface area contributed by atoms with Gasteiger partial charge in [0.1, 0.15) is 12.5 Å². The number of aromatic nitrogens is 1. The highest BCUT2D eigenvalue weighted by Gasteiger charge is 2.13. The summed E-state index contributed by atoms with van der Waals surface area (Å²) in [5.74, 6) is -0.519. The molecule has 3 rings (SSSR count). The first kappa shape index (κ1) is 11.3. The fraction of sp³-hybridized carbons (Fsp3) is 0. The summed E-state index contributed by atoms with van der Waals surface area (Å²) in [5, 5.41) is 1.87. The lowest BCUT2D eigenvalue weighted by molar-refractivity contribution is 0.0347. The largest absolute Gasteiger partial charge is 0.462 e. The van der Waals surface area contributed by atoms with Gasteiger partial charge in [0.05, 0.1) is 5.56 Å². The Kier molecular flexibility index (Phi) is 2.86. The molecule has 0 unspecified atom stereocenters. The molecule has 2 aromatic rings. The van der Waals surface area contributed by atoms with Crippen LogP contribution >= 0.6 is 0 Å². The van der Waals surface area contributed by atoms with Crippen LogP contribution in [-0.2, 0) is 14.2 Å². The molecule has 94 valence electrons. The average molecular weight is 255 g/mol. The van der Waals surface area contributed by atoms with E-state index >= 15 is 0 Å². The van der Waals surface area contributed by atoms with E-state index in [4.69, 9.17) is 14.2 Å². The first-order valence-corrected chi connectivity index (χ1v) is 5.56. The molecule has 0 saturated carbocycles. The SMILES string of the molecule is O=C(OC1=COC=CO1)c1ccc2ccncc2c1. The van der Waals surface area contributed by atoms with E-state index in [2.05, 4.69) is 4.98 Å². The highest BCUT2D eigenvalue weighted by molar-refractivity contribution is 5.95. The van der Waals surface area contributed by atoms with Crippen LogP contribution in [0, 0.1) is 0 Å². The second-order valence-electron chi connectivity index (χ2n) is 3.79. The normalized spacial score (nSPS) is 13.4. The Balaban J connectivity index is 1.83. The van der Waals surface area contributed by atoms with Crippen molar-refractivity contribution in [3.63, 3.8) is 0 Å². The second kappa shape index (κ2) is 4.81. The molecule has 0 aliphatic carbocycles. The number of hydrogen-bond donors (Lipinski definition) is 0. The molecule has 19 heavy (non-hydrogen) atoms. The highest BCUT2D eigenvalue weighted by atomic mass is 16.7. The molecule has 2 heterocycles. The van der Waals surface area contributed by atoms with Crippen LogP contribution in [0.1, 0.15) is 10.4 Å². The number of carbonyl (C=O) groups is 1. The van der Waals surface area contributed by atoms with Crippen molar-refractivity contribution in [2.75, 3.05) is 0 Å². The molecule has 5 heteroatoms. The van der Waals surface area contributed by atoms with E-state index < -0.39 is 5.97 Å². The lowest BCUT2D eigenvalue weighted by Crippen LogP contribution is -2.07. The summed E-state index contributed by atoms with van der Waals surface area (Å²) in [6.45, 7) is 0. The van der Waals surface area contributed by atoms with Crippen LogP contribution in [0.2, 0.25) is 0 Å². The third kappa shape index (κ3) is 2.40. The smallest absolute Gasteiger partial charge is 0.346 e. The van der Waals surface area contributed by atoms with Gasteiger partial charge < -0.3 is 14.2 Å². The molecule has 0 atom stereocenters. The molecular formula is C14H9NO4. The first-order chi connectivity index (χ1) is 9.33. The summed E-state index contributed by atoms with van der Waals surface area (Å²) >= 11 is 0. The van der Waals surface area contributed by atoms with Crippen LogP contribution in [0.4, 0.5) is 0 Å². The van der Waals surface area contributed by atoms with Crippen LogP contribution in [0.15, 0.2) is 61.4 Å². The number of pyridine rings is 1. The maximum absolute atomic E-state index is 11.9. The number of rotatable bonds is 2. The van der Waals surface area contributed by atoms with Gasteiger partial charge in [-0.25, -0.2) is 4.79 Å². The maximum atomic E-state index is 11.9. The van der Waals surface area contributed by atoms with Crippen LogP contribution in [-0.4, -0.2) is 11.0 Å². The molecule has 1 aliphatic rings. The van der Waals surface area contributed by atoms with Crippen molar-refractivity contribution in [2.24, 2.45) is 0 Å². The van der Waals surface area contributed by atoms with E-state index in [-0.39, 0.29) is 5.95 Å². The van der Waals surface area contributed by atoms with Crippen molar-refractivity contribution in [3.8, 4) is 0 Å². The van der Waals surface area contributed by atoms with Crippen molar-refractivity contribution < 1.29 is 19.0 Å². The lowest BCUT2D eigenvalue weighted by Gasteiger charge is -2.09. The molecule has 0 N–H and O–H groups in total. The number of fused-ring (bicyclic) bond motifs is 1. The minimum atomic E-state index is -0.518. The quantitative estimate of drug-likeness (QED) is 0.772. The van der Waals surface area contributed by atoms with Gasteiger partial charge in [0.2, 0.25) is 0 Å². The Morgan fingerprint density at radius 1 is 1.16 bits per heavy atom. The van der Waals surface area contributed by atoms with Crippen LogP contribution in [0.3, 0.4) is 0 Å². The third-order valence-corrected chi connectivity index (χ3v) is 2.55. The number of benzene rings is 1. The van der Waals surface area contributed by atoms with Gasteiger partial charge in [-0.3, -0.25) is 4.98 Å². The number of ether oxygens (including phenoxy) is 3. The molecule has 1 aliphatic heterocycles. The summed E-state index contributed by atoms with van der Waals surface area (Å²) in [4.78, 5) is 15.9. The van der Waals surface area contributed by atoms with E-state index in [1.165, 1.54) is 18.8 Å². The number of nitrogens with zero attached hydrogens (tertiary/aromatic N) is 1. The van der Waals surface area contributed by atoms with Gasteiger partial charge in [0, 0.05) is 17.8 Å². The molecular weight excluding hydrogens is 246 g/mol. The van der Waals surface area contributed by atoms with Gasteiger partial charge in [-0.1, -0.05) is 6.07 Å². The Morgan fingerprint density at radius 3 is 2.95 bits per heavy atom. The summed E-state index contributed by atoms with van der Waals surface area (Å²) in [5.41, 5.74) is 0.416. The van der Waals surface area contributed by atoms with Gasteiger partial charge in [-0.2, -0.15) is 0 Å². The van der Waals surface area contributed by atoms with Crippen molar-refractivity contribution in [1.29, 1.82) is 0 Å². The van der Waals surface area contributed by atoms with Crippen LogP contribution < -0.4 is 0 Å². The van der Waals surface area contributed by atoms with Crippen LogP contribution in [0.5, 0.6) is 0 Å². The Hall–Kier alpha value is -2.82. The predicted molar refractivity (Wildman–Crippen MR) is 66.6 cm³/mol. The molecule has 0 amide bonds. The maximum Gasteiger partial charge on any atom is 0.346 e. The zero-order chi connectivity index (χ0) is 13.1. The Bertz CT molecular complexity index is 691. The molecule has 1 aromatic carbocycles. The molecule has 1 aromatic heterocycles. The molecule has 0 bridgehead atoms. The van der Waals surface area contributed by atoms with Gasteiger partial charge in [0.25, 0.3) is 0 Å². The molecule has 5 nitrogen and oxygen atoms in total. The zero-order valence-electron chi connectivity index (χ0n) is 9.78. The summed E-state index contributed by atoms with van der Waals surface area (Å²) in [7, 11) is 0. The minimum absolute atomic E-state index is 0.00113. The average Bonchev–Trinajstić information content (AvgIpc) is 2.48. The second-order valence-corrected chi connectivity index (χ2v) is 3.79. The number of carbonyl (C=O) groups excluding carboxylic acids is 1. The summed E-state index contributed by atoms with van der Waals surface area (Å²) in [6.07, 6.45) is 7.21. The predicted octanol–water partition coefficient (Wildman–Crippen LogP) is 2.71. The van der Waals surface area contributed by atoms with E-state index in [1.54, 1.807) is 24.5 Å². The van der Waals surface area contributed by atoms with Crippen molar-refractivity contribution in [1.82, 2.24) is 4.98 Å². The molecule has 0 fully saturated rings. The summed E-state index contributed by atoms with van der Waals surface area (Å²) < 4.78 is 14.8. The monoisotopic (exact) mass is 255 g/mol. The van der Waals surface area contributed by atoms with Crippen molar-refractivity contribution in [2.45, 2.75) is 0 Å². The standard InChI is InChI=1S/C14H9NO4/c16-14(19-13-9-17-5-6-18-13)11-2-1-10-3-4-15-8-12(10)7-11/h1-9H. The first-order valence-electron chi connectivity index (χ1n) is 5.56. The fourth-order valence-corrected chi connectivity index (χ4v) is 1.66. The van der Waals surface area contributed by atoms with Gasteiger partial charge in [-0.15, -0.1) is 0 Å². The van der Waals surface area contributed by atoms with E-state index in [0.29, 0.717) is 5.56 Å². The molecule has 0 radical (unpaired) electrons. The van der Waals surface area contributed by atoms with Crippen molar-refractivity contribution in [3.05, 3.63) is 67.0 Å². The Morgan fingerprint density at radius 2 is 2.11 bits per heavy atom. The fourth-order valence-electron chi connectivity index (χ4n) is 1.66. The molecule has 0 spiro atoms. The van der Waals surface area contributed by atoms with Gasteiger partial charge in [-0.05, 0) is 23.6 Å². The summed E-state index contributed by atoms with van der Waals surface area (Å²) in [6, 6.07) is 7.10. The highest BCUT2D eigenvalue weighted by Crippen LogP contribution is 2.17. The van der Waals surface area contributed by atoms with E-state index in [0.717, 1.165) is 10.8 Å². The van der Waals surface area contributed by atoms with E-state index in [1.807, 2.05) is 12.1 Å². The zero-order valence-corrected chi connectivity index (χ0v) is 9.78. The van der Waals surface area contributed by atoms with Gasteiger partial charge >= 0.3 is 11.9 Å². The number of hydrogen-bond acceptors (Lipinski definition) is 5. The van der Waals surface area contributed by atoms with E-state index in [9.17, 15) is 4.79 Å². The topological polar surface area (TPSA) is 57.7 Å².